The van der Waals surface area contributed by atoms with Gasteiger partial charge in [0.2, 0.25) is 0 Å². The van der Waals surface area contributed by atoms with Gasteiger partial charge in [0.25, 0.3) is 0 Å². The fourth-order valence-electron chi connectivity index (χ4n) is 1.55. The molecular formula is C13H16FNO2. The van der Waals surface area contributed by atoms with Crippen LogP contribution in [0.5, 0.6) is 0 Å². The number of ether oxygens (including phenoxy) is 1. The Morgan fingerprint density at radius 1 is 1.35 bits per heavy atom. The number of carbonyl (C=O) groups is 1. The smallest absolute Gasteiger partial charge is 0.340 e. The van der Waals surface area contributed by atoms with Crippen molar-refractivity contribution in [3.63, 3.8) is 0 Å². The zero-order chi connectivity index (χ0) is 13.0. The SMILES string of the molecule is CC.COC(=O)c1cc2[nH]cc(C)c2cc1F. The van der Waals surface area contributed by atoms with Crippen molar-refractivity contribution in [1.82, 2.24) is 4.98 Å². The number of aryl methyl sites for hydroxylation is 1. The number of esters is 1. The largest absolute Gasteiger partial charge is 0.465 e. The summed E-state index contributed by atoms with van der Waals surface area (Å²) in [4.78, 5) is 14.2. The highest BCUT2D eigenvalue weighted by Crippen LogP contribution is 2.21. The summed E-state index contributed by atoms with van der Waals surface area (Å²) >= 11 is 0. The number of hydrogen-bond donors (Lipinski definition) is 1. The fourth-order valence-corrected chi connectivity index (χ4v) is 1.55. The lowest BCUT2D eigenvalue weighted by atomic mass is 10.1. The number of fused-ring (bicyclic) bond motifs is 1. The van der Waals surface area contributed by atoms with Crippen LogP contribution >= 0.6 is 0 Å². The van der Waals surface area contributed by atoms with Crippen LogP contribution in [-0.2, 0) is 4.74 Å². The Morgan fingerprint density at radius 3 is 2.59 bits per heavy atom. The van der Waals surface area contributed by atoms with Gasteiger partial charge in [-0.3, -0.25) is 0 Å². The quantitative estimate of drug-likeness (QED) is 0.772. The van der Waals surface area contributed by atoms with Gasteiger partial charge in [-0.1, -0.05) is 13.8 Å². The third-order valence-corrected chi connectivity index (χ3v) is 2.38. The minimum atomic E-state index is -0.665. The van der Waals surface area contributed by atoms with E-state index in [0.717, 1.165) is 16.5 Å². The van der Waals surface area contributed by atoms with Gasteiger partial charge in [-0.2, -0.15) is 0 Å². The molecule has 92 valence electrons. The zero-order valence-corrected chi connectivity index (χ0v) is 10.4. The number of benzene rings is 1. The first kappa shape index (κ1) is 13.2. The molecule has 4 heteroatoms. The number of aromatic amines is 1. The molecule has 0 aliphatic carbocycles. The maximum atomic E-state index is 13.5. The van der Waals surface area contributed by atoms with Crippen LogP contribution in [0.2, 0.25) is 0 Å². The molecule has 0 aliphatic rings. The predicted octanol–water partition coefficient (Wildman–Crippen LogP) is 3.43. The topological polar surface area (TPSA) is 42.1 Å². The summed E-state index contributed by atoms with van der Waals surface area (Å²) in [6.07, 6.45) is 1.77. The molecule has 0 radical (unpaired) electrons. The third-order valence-electron chi connectivity index (χ3n) is 2.38. The first-order valence-electron chi connectivity index (χ1n) is 5.49. The summed E-state index contributed by atoms with van der Waals surface area (Å²) in [7, 11) is 1.23. The molecule has 0 atom stereocenters. The van der Waals surface area contributed by atoms with E-state index in [1.54, 1.807) is 6.20 Å². The number of hydrogen-bond acceptors (Lipinski definition) is 2. The van der Waals surface area contributed by atoms with E-state index in [0.29, 0.717) is 0 Å². The molecule has 2 rings (SSSR count). The van der Waals surface area contributed by atoms with Crippen LogP contribution in [0.1, 0.15) is 29.8 Å². The molecule has 1 aromatic carbocycles. The van der Waals surface area contributed by atoms with Crippen molar-refractivity contribution in [1.29, 1.82) is 0 Å². The summed E-state index contributed by atoms with van der Waals surface area (Å²) in [5.41, 5.74) is 1.63. The van der Waals surface area contributed by atoms with Crippen LogP contribution in [0.4, 0.5) is 4.39 Å². The van der Waals surface area contributed by atoms with E-state index in [4.69, 9.17) is 0 Å². The van der Waals surface area contributed by atoms with Crippen LogP contribution in [0.3, 0.4) is 0 Å². The predicted molar refractivity (Wildman–Crippen MR) is 65.7 cm³/mol. The van der Waals surface area contributed by atoms with Crippen molar-refractivity contribution >= 4 is 16.9 Å². The van der Waals surface area contributed by atoms with Crippen molar-refractivity contribution in [2.24, 2.45) is 0 Å². The maximum Gasteiger partial charge on any atom is 0.340 e. The Bertz CT molecular complexity index is 531. The second-order valence-electron chi connectivity index (χ2n) is 3.34. The van der Waals surface area contributed by atoms with Crippen LogP contribution < -0.4 is 0 Å². The Morgan fingerprint density at radius 2 is 2.00 bits per heavy atom. The molecule has 0 saturated heterocycles. The van der Waals surface area contributed by atoms with Gasteiger partial charge in [-0.05, 0) is 24.6 Å². The summed E-state index contributed by atoms with van der Waals surface area (Å²) in [5, 5.41) is 0.778. The van der Waals surface area contributed by atoms with Crippen molar-refractivity contribution < 1.29 is 13.9 Å². The molecule has 3 nitrogen and oxygen atoms in total. The Hall–Kier alpha value is -1.84. The minimum absolute atomic E-state index is 0.0492. The number of aromatic nitrogens is 1. The molecule has 0 amide bonds. The van der Waals surface area contributed by atoms with E-state index in [9.17, 15) is 9.18 Å². The molecule has 0 aliphatic heterocycles. The Kier molecular flexibility index (Phi) is 4.26. The number of nitrogens with one attached hydrogen (secondary N) is 1. The van der Waals surface area contributed by atoms with Gasteiger partial charge in [0.1, 0.15) is 5.82 Å². The number of halogens is 1. The van der Waals surface area contributed by atoms with Crippen LogP contribution in [0.25, 0.3) is 10.9 Å². The number of carbonyl (C=O) groups excluding carboxylic acids is 1. The minimum Gasteiger partial charge on any atom is -0.465 e. The van der Waals surface area contributed by atoms with E-state index in [1.807, 2.05) is 20.8 Å². The molecule has 1 N–H and O–H groups in total. The van der Waals surface area contributed by atoms with Gasteiger partial charge in [-0.25, -0.2) is 9.18 Å². The third kappa shape index (κ3) is 2.46. The molecule has 0 saturated carbocycles. The average molecular weight is 237 g/mol. The van der Waals surface area contributed by atoms with Crippen molar-refractivity contribution in [3.05, 3.63) is 35.3 Å². The Labute approximate surface area is 99.6 Å². The van der Waals surface area contributed by atoms with Gasteiger partial charge in [0.05, 0.1) is 12.7 Å². The van der Waals surface area contributed by atoms with Crippen LogP contribution in [0, 0.1) is 12.7 Å². The van der Waals surface area contributed by atoms with E-state index < -0.39 is 11.8 Å². The highest BCUT2D eigenvalue weighted by atomic mass is 19.1. The van der Waals surface area contributed by atoms with Crippen molar-refractivity contribution in [2.75, 3.05) is 7.11 Å². The summed E-state index contributed by atoms with van der Waals surface area (Å²) in [6, 6.07) is 2.80. The molecule has 0 bridgehead atoms. The average Bonchev–Trinajstić information content (AvgIpc) is 2.71. The number of rotatable bonds is 1. The molecule has 0 unspecified atom stereocenters. The first-order valence-corrected chi connectivity index (χ1v) is 5.49. The first-order chi connectivity index (χ1) is 8.13. The fraction of sp³-hybridized carbons (Fsp3) is 0.308. The standard InChI is InChI=1S/C11H10FNO2.C2H6/c1-6-5-13-10-4-8(11(14)15-2)9(12)3-7(6)10;1-2/h3-5,13H,1-2H3;1-2H3. The molecule has 1 aromatic heterocycles. The van der Waals surface area contributed by atoms with Gasteiger partial charge in [0.15, 0.2) is 0 Å². The zero-order valence-electron chi connectivity index (χ0n) is 10.4. The summed E-state index contributed by atoms with van der Waals surface area (Å²) in [6.45, 7) is 5.87. The van der Waals surface area contributed by atoms with Gasteiger partial charge in [0, 0.05) is 17.1 Å². The molecule has 2 aromatic rings. The molecular weight excluding hydrogens is 221 g/mol. The van der Waals surface area contributed by atoms with E-state index in [1.165, 1.54) is 19.2 Å². The molecule has 1 heterocycles. The molecule has 0 spiro atoms. The van der Waals surface area contributed by atoms with Crippen molar-refractivity contribution in [3.8, 4) is 0 Å². The second kappa shape index (κ2) is 5.48. The lowest BCUT2D eigenvalue weighted by Crippen LogP contribution is -2.04. The van der Waals surface area contributed by atoms with Gasteiger partial charge < -0.3 is 9.72 Å². The number of methoxy groups -OCH3 is 1. The van der Waals surface area contributed by atoms with E-state index in [-0.39, 0.29) is 5.56 Å². The lowest BCUT2D eigenvalue weighted by Gasteiger charge is -2.01. The number of H-pyrrole nitrogens is 1. The highest BCUT2D eigenvalue weighted by molar-refractivity contribution is 5.95. The van der Waals surface area contributed by atoms with Crippen LogP contribution in [-0.4, -0.2) is 18.1 Å². The van der Waals surface area contributed by atoms with Crippen LogP contribution in [0.15, 0.2) is 18.3 Å². The molecule has 0 fully saturated rings. The lowest BCUT2D eigenvalue weighted by molar-refractivity contribution is 0.0595. The summed E-state index contributed by atoms with van der Waals surface area (Å²) < 4.78 is 18.0. The van der Waals surface area contributed by atoms with Gasteiger partial charge in [-0.15, -0.1) is 0 Å². The van der Waals surface area contributed by atoms with E-state index in [2.05, 4.69) is 9.72 Å². The van der Waals surface area contributed by atoms with Crippen molar-refractivity contribution in [2.45, 2.75) is 20.8 Å². The Balaban J connectivity index is 0.000000686. The second-order valence-corrected chi connectivity index (χ2v) is 3.34. The monoisotopic (exact) mass is 237 g/mol. The summed E-state index contributed by atoms with van der Waals surface area (Å²) in [5.74, 6) is -1.22. The van der Waals surface area contributed by atoms with Gasteiger partial charge >= 0.3 is 5.97 Å². The molecule has 17 heavy (non-hydrogen) atoms. The maximum absolute atomic E-state index is 13.5. The normalized spacial score (nSPS) is 9.71. The highest BCUT2D eigenvalue weighted by Gasteiger charge is 2.14. The van der Waals surface area contributed by atoms with E-state index >= 15 is 0 Å².